The molecule has 3 aromatic rings. The lowest BCUT2D eigenvalue weighted by Crippen LogP contribution is -2.39. The van der Waals surface area contributed by atoms with Crippen LogP contribution in [0.1, 0.15) is 38.4 Å². The first-order valence-electron chi connectivity index (χ1n) is 9.50. The smallest absolute Gasteiger partial charge is 0.291 e. The summed E-state index contributed by atoms with van der Waals surface area (Å²) in [6, 6.07) is 7.76. The van der Waals surface area contributed by atoms with Crippen molar-refractivity contribution in [3.63, 3.8) is 0 Å². The third-order valence-electron chi connectivity index (χ3n) is 5.30. The van der Waals surface area contributed by atoms with E-state index in [9.17, 15) is 9.59 Å². The van der Waals surface area contributed by atoms with Gasteiger partial charge in [-0.15, -0.1) is 0 Å². The maximum absolute atomic E-state index is 13.0. The first kappa shape index (κ1) is 17.6. The fraction of sp³-hybridized carbons (Fsp3) is 0.450. The van der Waals surface area contributed by atoms with Crippen LogP contribution < -0.4 is 15.6 Å². The molecule has 2 aromatic heterocycles. The van der Waals surface area contributed by atoms with Crippen molar-refractivity contribution in [2.45, 2.75) is 51.6 Å². The van der Waals surface area contributed by atoms with Gasteiger partial charge in [0, 0.05) is 17.8 Å². The summed E-state index contributed by atoms with van der Waals surface area (Å²) in [4.78, 5) is 25.4. The van der Waals surface area contributed by atoms with Crippen LogP contribution in [0.4, 0.5) is 0 Å². The van der Waals surface area contributed by atoms with Crippen molar-refractivity contribution < 1.29 is 9.53 Å². The molecule has 4 rings (SSSR count). The van der Waals surface area contributed by atoms with Crippen LogP contribution in [0.15, 0.2) is 29.1 Å². The average molecular weight is 368 g/mol. The molecule has 27 heavy (non-hydrogen) atoms. The summed E-state index contributed by atoms with van der Waals surface area (Å²) < 4.78 is 8.58. The largest absolute Gasteiger partial charge is 0.496 e. The lowest BCUT2D eigenvalue weighted by Gasteiger charge is -2.13. The molecule has 2 heterocycles. The Morgan fingerprint density at radius 3 is 2.78 bits per heavy atom. The molecule has 0 saturated heterocycles. The van der Waals surface area contributed by atoms with Crippen LogP contribution >= 0.6 is 0 Å². The number of methoxy groups -OCH3 is 1. The SMILES string of the molecule is CCc1nn(CC(=O)NC2CCCC2)c(=O)c2cc3c(OC)cccc3n12. The number of benzene rings is 1. The van der Waals surface area contributed by atoms with E-state index in [1.807, 2.05) is 35.6 Å². The summed E-state index contributed by atoms with van der Waals surface area (Å²) in [6.45, 7) is 1.93. The normalized spacial score (nSPS) is 14.9. The molecule has 1 N–H and O–H groups in total. The van der Waals surface area contributed by atoms with Gasteiger partial charge in [0.15, 0.2) is 0 Å². The van der Waals surface area contributed by atoms with Gasteiger partial charge in [0.1, 0.15) is 23.6 Å². The van der Waals surface area contributed by atoms with E-state index in [0.29, 0.717) is 17.7 Å². The van der Waals surface area contributed by atoms with Crippen LogP contribution in [0.5, 0.6) is 5.75 Å². The number of aromatic nitrogens is 3. The van der Waals surface area contributed by atoms with E-state index in [-0.39, 0.29) is 24.1 Å². The number of amides is 1. The van der Waals surface area contributed by atoms with Crippen molar-refractivity contribution in [1.82, 2.24) is 19.5 Å². The zero-order chi connectivity index (χ0) is 19.0. The second-order valence-electron chi connectivity index (χ2n) is 7.04. The Hall–Kier alpha value is -2.83. The third kappa shape index (κ3) is 3.07. The average Bonchev–Trinajstić information content (AvgIpc) is 3.31. The monoisotopic (exact) mass is 368 g/mol. The summed E-state index contributed by atoms with van der Waals surface area (Å²) in [5.74, 6) is 1.29. The molecule has 0 aliphatic heterocycles. The Labute approximate surface area is 156 Å². The van der Waals surface area contributed by atoms with Crippen molar-refractivity contribution >= 4 is 22.3 Å². The molecule has 1 amide bonds. The number of hydrogen-bond donors (Lipinski definition) is 1. The number of rotatable bonds is 5. The van der Waals surface area contributed by atoms with Gasteiger partial charge in [-0.2, -0.15) is 5.10 Å². The van der Waals surface area contributed by atoms with E-state index >= 15 is 0 Å². The van der Waals surface area contributed by atoms with E-state index in [1.54, 1.807) is 7.11 Å². The van der Waals surface area contributed by atoms with E-state index in [4.69, 9.17) is 4.74 Å². The molecule has 142 valence electrons. The lowest BCUT2D eigenvalue weighted by molar-refractivity contribution is -0.122. The van der Waals surface area contributed by atoms with Crippen LogP contribution in [-0.4, -0.2) is 33.2 Å². The molecule has 1 saturated carbocycles. The van der Waals surface area contributed by atoms with Gasteiger partial charge in [0.2, 0.25) is 5.91 Å². The first-order valence-corrected chi connectivity index (χ1v) is 9.50. The first-order chi connectivity index (χ1) is 13.1. The highest BCUT2D eigenvalue weighted by molar-refractivity contribution is 5.92. The molecule has 0 atom stereocenters. The number of ether oxygens (including phenoxy) is 1. The minimum absolute atomic E-state index is 0.0580. The Morgan fingerprint density at radius 2 is 2.07 bits per heavy atom. The Morgan fingerprint density at radius 1 is 1.30 bits per heavy atom. The molecule has 1 aliphatic carbocycles. The molecule has 7 heteroatoms. The van der Waals surface area contributed by atoms with Crippen molar-refractivity contribution in [3.05, 3.63) is 40.4 Å². The maximum Gasteiger partial charge on any atom is 0.291 e. The molecule has 1 fully saturated rings. The van der Waals surface area contributed by atoms with Gasteiger partial charge in [-0.25, -0.2) is 4.68 Å². The van der Waals surface area contributed by atoms with Gasteiger partial charge >= 0.3 is 0 Å². The maximum atomic E-state index is 13.0. The summed E-state index contributed by atoms with van der Waals surface area (Å²) in [5, 5.41) is 8.36. The predicted octanol–water partition coefficient (Wildman–Crippen LogP) is 2.28. The van der Waals surface area contributed by atoms with E-state index in [0.717, 1.165) is 42.4 Å². The van der Waals surface area contributed by atoms with Gasteiger partial charge in [0.25, 0.3) is 5.56 Å². The van der Waals surface area contributed by atoms with Gasteiger partial charge in [-0.3, -0.25) is 14.0 Å². The number of hydrogen-bond acceptors (Lipinski definition) is 4. The second-order valence-corrected chi connectivity index (χ2v) is 7.04. The number of carbonyl (C=O) groups is 1. The predicted molar refractivity (Wildman–Crippen MR) is 103 cm³/mol. The van der Waals surface area contributed by atoms with Gasteiger partial charge in [-0.05, 0) is 31.0 Å². The van der Waals surface area contributed by atoms with Gasteiger partial charge in [0.05, 0.1) is 12.6 Å². The molecule has 0 bridgehead atoms. The van der Waals surface area contributed by atoms with Crippen molar-refractivity contribution in [3.8, 4) is 5.75 Å². The molecular weight excluding hydrogens is 344 g/mol. The minimum atomic E-state index is -0.271. The second kappa shape index (κ2) is 7.06. The highest BCUT2D eigenvalue weighted by Crippen LogP contribution is 2.28. The van der Waals surface area contributed by atoms with Crippen LogP contribution in [0.2, 0.25) is 0 Å². The Kier molecular flexibility index (Phi) is 4.59. The molecular formula is C20H24N4O3. The van der Waals surface area contributed by atoms with Crippen molar-refractivity contribution in [1.29, 1.82) is 0 Å². The number of nitrogens with zero attached hydrogens (tertiary/aromatic N) is 3. The zero-order valence-electron chi connectivity index (χ0n) is 15.7. The minimum Gasteiger partial charge on any atom is -0.496 e. The van der Waals surface area contributed by atoms with Crippen molar-refractivity contribution in [2.24, 2.45) is 0 Å². The number of fused-ring (bicyclic) bond motifs is 3. The summed E-state index contributed by atoms with van der Waals surface area (Å²) in [5.41, 5.74) is 1.12. The topological polar surface area (TPSA) is 77.6 Å². The van der Waals surface area contributed by atoms with Crippen LogP contribution in [0.3, 0.4) is 0 Å². The van der Waals surface area contributed by atoms with E-state index in [1.165, 1.54) is 4.68 Å². The summed E-state index contributed by atoms with van der Waals surface area (Å²) in [7, 11) is 1.61. The van der Waals surface area contributed by atoms with Crippen LogP contribution in [0.25, 0.3) is 16.4 Å². The summed E-state index contributed by atoms with van der Waals surface area (Å²) >= 11 is 0. The lowest BCUT2D eigenvalue weighted by atomic mass is 10.2. The summed E-state index contributed by atoms with van der Waals surface area (Å²) in [6.07, 6.45) is 4.96. The van der Waals surface area contributed by atoms with Gasteiger partial charge in [-0.1, -0.05) is 25.8 Å². The highest BCUT2D eigenvalue weighted by Gasteiger charge is 2.20. The highest BCUT2D eigenvalue weighted by atomic mass is 16.5. The molecule has 1 aliphatic rings. The number of carbonyl (C=O) groups excluding carboxylic acids is 1. The molecule has 1 aromatic carbocycles. The fourth-order valence-corrected chi connectivity index (χ4v) is 3.99. The van der Waals surface area contributed by atoms with E-state index in [2.05, 4.69) is 10.4 Å². The zero-order valence-corrected chi connectivity index (χ0v) is 15.7. The molecule has 0 spiro atoms. The molecule has 0 radical (unpaired) electrons. The van der Waals surface area contributed by atoms with Gasteiger partial charge < -0.3 is 10.1 Å². The van der Waals surface area contributed by atoms with E-state index < -0.39 is 0 Å². The van der Waals surface area contributed by atoms with Crippen LogP contribution in [0, 0.1) is 0 Å². The number of aryl methyl sites for hydroxylation is 1. The molecule has 0 unspecified atom stereocenters. The van der Waals surface area contributed by atoms with Crippen molar-refractivity contribution in [2.75, 3.05) is 7.11 Å². The number of nitrogens with one attached hydrogen (secondary N) is 1. The molecule has 7 nitrogen and oxygen atoms in total. The van der Waals surface area contributed by atoms with Crippen LogP contribution in [-0.2, 0) is 17.8 Å². The standard InChI is InChI=1S/C20H24N4O3/c1-3-18-22-23(12-19(25)21-13-7-4-5-8-13)20(26)16-11-14-15(24(16)18)9-6-10-17(14)27-2/h6,9-11,13H,3-5,7-8,12H2,1-2H3,(H,21,25). The Bertz CT molecular complexity index is 1060. The third-order valence-corrected chi connectivity index (χ3v) is 5.30. The fourth-order valence-electron chi connectivity index (χ4n) is 3.99. The Balaban J connectivity index is 1.78. The quantitative estimate of drug-likeness (QED) is 0.749.